The lowest BCUT2D eigenvalue weighted by molar-refractivity contribution is -0.138. The Labute approximate surface area is 127 Å². The minimum absolute atomic E-state index is 0.129. The molecule has 110 valence electrons. The highest BCUT2D eigenvalue weighted by Gasteiger charge is 2.17. The fraction of sp³-hybridized carbons (Fsp3) is 0.308. The number of benzene rings is 1. The van der Waals surface area contributed by atoms with Crippen molar-refractivity contribution in [2.45, 2.75) is 4.90 Å². The van der Waals surface area contributed by atoms with E-state index >= 15 is 0 Å². The Kier molecular flexibility index (Phi) is 6.38. The molecule has 0 saturated carbocycles. The van der Waals surface area contributed by atoms with Gasteiger partial charge in [0.25, 0.3) is 0 Å². The molecule has 20 heavy (non-hydrogen) atoms. The SMILES string of the molecule is C=CCN(CCS(=O)(=O)c1ccc(Br)cc1)CC(=O)O. The molecule has 0 fully saturated rings. The number of carbonyl (C=O) groups is 1. The second kappa shape index (κ2) is 7.56. The van der Waals surface area contributed by atoms with E-state index in [0.29, 0.717) is 6.54 Å². The summed E-state index contributed by atoms with van der Waals surface area (Å²) < 4.78 is 25.0. The zero-order valence-electron chi connectivity index (χ0n) is 10.8. The molecule has 1 aromatic rings. The van der Waals surface area contributed by atoms with Crippen LogP contribution in [0, 0.1) is 0 Å². The van der Waals surface area contributed by atoms with Crippen molar-refractivity contribution in [3.8, 4) is 0 Å². The van der Waals surface area contributed by atoms with Gasteiger partial charge in [0.1, 0.15) is 0 Å². The summed E-state index contributed by atoms with van der Waals surface area (Å²) >= 11 is 3.24. The molecule has 0 radical (unpaired) electrons. The van der Waals surface area contributed by atoms with Crippen LogP contribution in [0.5, 0.6) is 0 Å². The number of carboxylic acid groups (broad SMARTS) is 1. The van der Waals surface area contributed by atoms with Gasteiger partial charge in [-0.05, 0) is 24.3 Å². The predicted molar refractivity (Wildman–Crippen MR) is 80.5 cm³/mol. The van der Waals surface area contributed by atoms with Crippen molar-refractivity contribution in [1.29, 1.82) is 0 Å². The Morgan fingerprint density at radius 1 is 1.35 bits per heavy atom. The van der Waals surface area contributed by atoms with Crippen molar-refractivity contribution < 1.29 is 18.3 Å². The van der Waals surface area contributed by atoms with Gasteiger partial charge in [-0.3, -0.25) is 9.69 Å². The first-order chi connectivity index (χ1) is 9.35. The lowest BCUT2D eigenvalue weighted by Gasteiger charge is -2.18. The monoisotopic (exact) mass is 361 g/mol. The van der Waals surface area contributed by atoms with Crippen molar-refractivity contribution in [3.05, 3.63) is 41.4 Å². The molecule has 0 unspecified atom stereocenters. The van der Waals surface area contributed by atoms with Crippen molar-refractivity contribution >= 4 is 31.7 Å². The predicted octanol–water partition coefficient (Wildman–Crippen LogP) is 1.80. The highest BCUT2D eigenvalue weighted by Crippen LogP contribution is 2.16. The Balaban J connectivity index is 2.72. The van der Waals surface area contributed by atoms with E-state index in [9.17, 15) is 13.2 Å². The standard InChI is InChI=1S/C13H16BrNO4S/c1-2-7-15(10-13(16)17)8-9-20(18,19)12-5-3-11(14)4-6-12/h2-6H,1,7-10H2,(H,16,17). The quantitative estimate of drug-likeness (QED) is 0.714. The normalized spacial score (nSPS) is 11.5. The van der Waals surface area contributed by atoms with Crippen LogP contribution >= 0.6 is 15.9 Å². The third-order valence-corrected chi connectivity index (χ3v) is 4.83. The van der Waals surface area contributed by atoms with Gasteiger partial charge >= 0.3 is 5.97 Å². The number of sulfone groups is 1. The number of carboxylic acids is 1. The summed E-state index contributed by atoms with van der Waals surface area (Å²) in [4.78, 5) is 12.4. The van der Waals surface area contributed by atoms with E-state index < -0.39 is 15.8 Å². The van der Waals surface area contributed by atoms with Crippen molar-refractivity contribution in [2.75, 3.05) is 25.4 Å². The second-order valence-corrected chi connectivity index (χ2v) is 7.22. The molecule has 0 aliphatic rings. The van der Waals surface area contributed by atoms with Crippen LogP contribution < -0.4 is 0 Å². The summed E-state index contributed by atoms with van der Waals surface area (Å²) in [6, 6.07) is 6.36. The Morgan fingerprint density at radius 2 is 1.95 bits per heavy atom. The third-order valence-electron chi connectivity index (χ3n) is 2.60. The fourth-order valence-corrected chi connectivity index (χ4v) is 3.17. The molecule has 0 amide bonds. The zero-order chi connectivity index (χ0) is 15.2. The first-order valence-corrected chi connectivity index (χ1v) is 8.33. The van der Waals surface area contributed by atoms with Gasteiger partial charge in [0, 0.05) is 17.6 Å². The molecular formula is C13H16BrNO4S. The van der Waals surface area contributed by atoms with E-state index in [2.05, 4.69) is 22.5 Å². The molecule has 0 atom stereocenters. The average molecular weight is 362 g/mol. The van der Waals surface area contributed by atoms with Crippen LogP contribution in [0.1, 0.15) is 0 Å². The number of hydrogen-bond acceptors (Lipinski definition) is 4. The van der Waals surface area contributed by atoms with Gasteiger partial charge in [0.15, 0.2) is 9.84 Å². The lowest BCUT2D eigenvalue weighted by Crippen LogP contribution is -2.34. The molecule has 1 rings (SSSR count). The van der Waals surface area contributed by atoms with Crippen LogP contribution in [0.25, 0.3) is 0 Å². The number of nitrogens with zero attached hydrogens (tertiary/aromatic N) is 1. The summed E-state index contributed by atoms with van der Waals surface area (Å²) in [6.07, 6.45) is 1.55. The first kappa shape index (κ1) is 16.9. The first-order valence-electron chi connectivity index (χ1n) is 5.88. The number of hydrogen-bond donors (Lipinski definition) is 1. The summed E-state index contributed by atoms with van der Waals surface area (Å²) in [5, 5.41) is 8.76. The second-order valence-electron chi connectivity index (χ2n) is 4.19. The molecule has 5 nitrogen and oxygen atoms in total. The minimum Gasteiger partial charge on any atom is -0.480 e. The number of rotatable bonds is 8. The van der Waals surface area contributed by atoms with Gasteiger partial charge in [-0.2, -0.15) is 0 Å². The maximum Gasteiger partial charge on any atom is 0.317 e. The summed E-state index contributed by atoms with van der Waals surface area (Å²) in [5.41, 5.74) is 0. The highest BCUT2D eigenvalue weighted by molar-refractivity contribution is 9.10. The molecular weight excluding hydrogens is 346 g/mol. The Hall–Kier alpha value is -1.18. The van der Waals surface area contributed by atoms with E-state index in [1.165, 1.54) is 17.0 Å². The highest BCUT2D eigenvalue weighted by atomic mass is 79.9. The minimum atomic E-state index is -3.42. The van der Waals surface area contributed by atoms with E-state index in [0.717, 1.165) is 4.47 Å². The van der Waals surface area contributed by atoms with E-state index in [1.807, 2.05) is 0 Å². The van der Waals surface area contributed by atoms with Crippen LogP contribution in [0.4, 0.5) is 0 Å². The molecule has 7 heteroatoms. The molecule has 1 aromatic carbocycles. The van der Waals surface area contributed by atoms with Gasteiger partial charge < -0.3 is 5.11 Å². The maximum atomic E-state index is 12.1. The maximum absolute atomic E-state index is 12.1. The topological polar surface area (TPSA) is 74.7 Å². The van der Waals surface area contributed by atoms with Crippen molar-refractivity contribution in [3.63, 3.8) is 0 Å². The fourth-order valence-electron chi connectivity index (χ4n) is 1.62. The van der Waals surface area contributed by atoms with Crippen LogP contribution in [0.2, 0.25) is 0 Å². The van der Waals surface area contributed by atoms with E-state index in [4.69, 9.17) is 5.11 Å². The van der Waals surface area contributed by atoms with Crippen LogP contribution in [-0.4, -0.2) is 49.8 Å². The Morgan fingerprint density at radius 3 is 2.45 bits per heavy atom. The van der Waals surface area contributed by atoms with Gasteiger partial charge in [-0.15, -0.1) is 6.58 Å². The van der Waals surface area contributed by atoms with Crippen molar-refractivity contribution in [2.24, 2.45) is 0 Å². The number of aliphatic carboxylic acids is 1. The molecule has 0 spiro atoms. The molecule has 0 aromatic heterocycles. The van der Waals surface area contributed by atoms with Gasteiger partial charge in [-0.1, -0.05) is 22.0 Å². The molecule has 1 N–H and O–H groups in total. The Bertz CT molecular complexity index is 569. The zero-order valence-corrected chi connectivity index (χ0v) is 13.2. The smallest absolute Gasteiger partial charge is 0.317 e. The van der Waals surface area contributed by atoms with Gasteiger partial charge in [0.2, 0.25) is 0 Å². The molecule has 0 heterocycles. The van der Waals surface area contributed by atoms with Crippen molar-refractivity contribution in [1.82, 2.24) is 4.90 Å². The average Bonchev–Trinajstić information content (AvgIpc) is 2.36. The lowest BCUT2D eigenvalue weighted by atomic mass is 10.4. The van der Waals surface area contributed by atoms with Gasteiger partial charge in [-0.25, -0.2) is 8.42 Å². The molecule has 0 bridgehead atoms. The van der Waals surface area contributed by atoms with E-state index in [-0.39, 0.29) is 23.7 Å². The van der Waals surface area contributed by atoms with Crippen LogP contribution in [0.3, 0.4) is 0 Å². The third kappa shape index (κ3) is 5.44. The van der Waals surface area contributed by atoms with Gasteiger partial charge in [0.05, 0.1) is 17.2 Å². The molecule has 0 aliphatic heterocycles. The van der Waals surface area contributed by atoms with E-state index in [1.54, 1.807) is 18.2 Å². The largest absolute Gasteiger partial charge is 0.480 e. The molecule has 0 aliphatic carbocycles. The van der Waals surface area contributed by atoms with Crippen LogP contribution in [-0.2, 0) is 14.6 Å². The number of halogens is 1. The summed E-state index contributed by atoms with van der Waals surface area (Å²) in [6.45, 7) is 3.81. The summed E-state index contributed by atoms with van der Waals surface area (Å²) in [5.74, 6) is -1.12. The molecule has 0 saturated heterocycles. The summed E-state index contributed by atoms with van der Waals surface area (Å²) in [7, 11) is -3.42. The van der Waals surface area contributed by atoms with Crippen LogP contribution in [0.15, 0.2) is 46.3 Å².